The molecule has 1 nitrogen and oxygen atoms in total. The molecule has 1 N–H and O–H groups in total. The van der Waals surface area contributed by atoms with E-state index in [1.54, 1.807) is 12.1 Å². The van der Waals surface area contributed by atoms with Crippen molar-refractivity contribution in [1.82, 2.24) is 0 Å². The Hall–Kier alpha value is -1.06. The lowest BCUT2D eigenvalue weighted by Gasteiger charge is -2.11. The first-order valence-electron chi connectivity index (χ1n) is 5.52. The van der Waals surface area contributed by atoms with Gasteiger partial charge in [0.05, 0.1) is 0 Å². The number of halogens is 3. The van der Waals surface area contributed by atoms with Crippen molar-refractivity contribution in [3.05, 3.63) is 63.9 Å². The van der Waals surface area contributed by atoms with Crippen LogP contribution in [0, 0.1) is 5.82 Å². The molecule has 4 heteroatoms. The SMILES string of the molecule is Fc1ccc(Br)cc1CNc1ccccc1CCl. The third kappa shape index (κ3) is 3.24. The van der Waals surface area contributed by atoms with E-state index in [2.05, 4.69) is 21.2 Å². The van der Waals surface area contributed by atoms with E-state index in [0.29, 0.717) is 18.0 Å². The maximum atomic E-state index is 13.6. The Bertz CT molecular complexity index is 545. The molecule has 2 rings (SSSR count). The van der Waals surface area contributed by atoms with E-state index in [0.717, 1.165) is 15.7 Å². The van der Waals surface area contributed by atoms with E-state index < -0.39 is 0 Å². The van der Waals surface area contributed by atoms with E-state index in [9.17, 15) is 4.39 Å². The highest BCUT2D eigenvalue weighted by atomic mass is 79.9. The molecule has 0 aliphatic rings. The van der Waals surface area contributed by atoms with Gasteiger partial charge in [0.1, 0.15) is 5.82 Å². The normalized spacial score (nSPS) is 10.4. The minimum atomic E-state index is -0.214. The molecule has 0 radical (unpaired) electrons. The van der Waals surface area contributed by atoms with E-state index in [1.807, 2.05) is 24.3 Å². The molecule has 0 aromatic heterocycles. The van der Waals surface area contributed by atoms with Crippen molar-refractivity contribution in [2.24, 2.45) is 0 Å². The highest BCUT2D eigenvalue weighted by Gasteiger charge is 2.04. The van der Waals surface area contributed by atoms with E-state index in [4.69, 9.17) is 11.6 Å². The maximum absolute atomic E-state index is 13.6. The average Bonchev–Trinajstić information content (AvgIpc) is 2.40. The molecule has 94 valence electrons. The Morgan fingerprint density at radius 1 is 1.11 bits per heavy atom. The highest BCUT2D eigenvalue weighted by Crippen LogP contribution is 2.20. The van der Waals surface area contributed by atoms with Crippen molar-refractivity contribution in [3.8, 4) is 0 Å². The Labute approximate surface area is 119 Å². The van der Waals surface area contributed by atoms with Crippen LogP contribution in [0.25, 0.3) is 0 Å². The fourth-order valence-corrected chi connectivity index (χ4v) is 2.32. The van der Waals surface area contributed by atoms with Gasteiger partial charge in [0.2, 0.25) is 0 Å². The molecule has 0 aliphatic heterocycles. The van der Waals surface area contributed by atoms with Gasteiger partial charge in [-0.1, -0.05) is 34.1 Å². The third-order valence-electron chi connectivity index (χ3n) is 2.64. The van der Waals surface area contributed by atoms with Crippen LogP contribution in [-0.2, 0) is 12.4 Å². The van der Waals surface area contributed by atoms with E-state index >= 15 is 0 Å². The molecule has 0 fully saturated rings. The summed E-state index contributed by atoms with van der Waals surface area (Å²) in [6.45, 7) is 0.430. The standard InChI is InChI=1S/C14H12BrClFN/c15-12-5-6-13(17)11(7-12)9-18-14-4-2-1-3-10(14)8-16/h1-7,18H,8-9H2. The molecule has 0 saturated carbocycles. The van der Waals surface area contributed by atoms with Crippen LogP contribution < -0.4 is 5.32 Å². The maximum Gasteiger partial charge on any atom is 0.128 e. The first-order chi connectivity index (χ1) is 8.70. The molecule has 18 heavy (non-hydrogen) atoms. The van der Waals surface area contributed by atoms with Crippen LogP contribution in [0.15, 0.2) is 46.9 Å². The molecule has 0 bridgehead atoms. The fourth-order valence-electron chi connectivity index (χ4n) is 1.68. The number of hydrogen-bond acceptors (Lipinski definition) is 1. The van der Waals surface area contributed by atoms with Crippen LogP contribution in [0.3, 0.4) is 0 Å². The van der Waals surface area contributed by atoms with E-state index in [-0.39, 0.29) is 5.82 Å². The minimum Gasteiger partial charge on any atom is -0.381 e. The van der Waals surface area contributed by atoms with Crippen LogP contribution in [0.2, 0.25) is 0 Å². The average molecular weight is 329 g/mol. The summed E-state index contributed by atoms with van der Waals surface area (Å²) in [7, 11) is 0. The lowest BCUT2D eigenvalue weighted by Crippen LogP contribution is -2.03. The van der Waals surface area contributed by atoms with Gasteiger partial charge in [-0.2, -0.15) is 0 Å². The molecule has 0 atom stereocenters. The van der Waals surface area contributed by atoms with Gasteiger partial charge in [0.15, 0.2) is 0 Å². The van der Waals surface area contributed by atoms with Gasteiger partial charge in [0.25, 0.3) is 0 Å². The number of benzene rings is 2. The lowest BCUT2D eigenvalue weighted by molar-refractivity contribution is 0.612. The van der Waals surface area contributed by atoms with Gasteiger partial charge < -0.3 is 5.32 Å². The molecule has 0 aliphatic carbocycles. The second-order valence-electron chi connectivity index (χ2n) is 3.88. The number of alkyl halides is 1. The molecule has 0 spiro atoms. The number of para-hydroxylation sites is 1. The molecular formula is C14H12BrClFN. The van der Waals surface area contributed by atoms with Crippen LogP contribution in [-0.4, -0.2) is 0 Å². The zero-order valence-corrected chi connectivity index (χ0v) is 11.9. The molecule has 2 aromatic rings. The molecule has 0 amide bonds. The van der Waals surface area contributed by atoms with Gasteiger partial charge in [-0.05, 0) is 29.8 Å². The van der Waals surface area contributed by atoms with Crippen LogP contribution >= 0.6 is 27.5 Å². The predicted molar refractivity (Wildman–Crippen MR) is 77.4 cm³/mol. The lowest BCUT2D eigenvalue weighted by atomic mass is 10.1. The zero-order chi connectivity index (χ0) is 13.0. The summed E-state index contributed by atoms with van der Waals surface area (Å²) in [4.78, 5) is 0. The van der Waals surface area contributed by atoms with Crippen LogP contribution in [0.4, 0.5) is 10.1 Å². The van der Waals surface area contributed by atoms with Crippen molar-refractivity contribution in [3.63, 3.8) is 0 Å². The second-order valence-corrected chi connectivity index (χ2v) is 5.06. The van der Waals surface area contributed by atoms with Gasteiger partial charge in [-0.25, -0.2) is 4.39 Å². The van der Waals surface area contributed by atoms with Crippen molar-refractivity contribution >= 4 is 33.2 Å². The van der Waals surface area contributed by atoms with Crippen molar-refractivity contribution in [1.29, 1.82) is 0 Å². The first-order valence-corrected chi connectivity index (χ1v) is 6.85. The Morgan fingerprint density at radius 3 is 2.67 bits per heavy atom. The Morgan fingerprint density at radius 2 is 1.89 bits per heavy atom. The molecule has 0 unspecified atom stereocenters. The van der Waals surface area contributed by atoms with Crippen molar-refractivity contribution < 1.29 is 4.39 Å². The van der Waals surface area contributed by atoms with E-state index in [1.165, 1.54) is 6.07 Å². The van der Waals surface area contributed by atoms with Gasteiger partial charge in [0, 0.05) is 28.1 Å². The summed E-state index contributed by atoms with van der Waals surface area (Å²) in [5.74, 6) is 0.221. The topological polar surface area (TPSA) is 12.0 Å². The number of hydrogen-bond donors (Lipinski definition) is 1. The number of rotatable bonds is 4. The van der Waals surface area contributed by atoms with Gasteiger partial charge in [-0.15, -0.1) is 11.6 Å². The van der Waals surface area contributed by atoms with Gasteiger partial charge in [-0.3, -0.25) is 0 Å². The number of nitrogens with one attached hydrogen (secondary N) is 1. The highest BCUT2D eigenvalue weighted by molar-refractivity contribution is 9.10. The largest absolute Gasteiger partial charge is 0.381 e. The van der Waals surface area contributed by atoms with Crippen molar-refractivity contribution in [2.75, 3.05) is 5.32 Å². The minimum absolute atomic E-state index is 0.214. The second kappa shape index (κ2) is 6.21. The molecular weight excluding hydrogens is 317 g/mol. The third-order valence-corrected chi connectivity index (χ3v) is 3.42. The molecule has 0 saturated heterocycles. The van der Waals surface area contributed by atoms with Crippen LogP contribution in [0.1, 0.15) is 11.1 Å². The summed E-state index contributed by atoms with van der Waals surface area (Å²) in [6.07, 6.45) is 0. The first kappa shape index (κ1) is 13.4. The quantitative estimate of drug-likeness (QED) is 0.784. The molecule has 0 heterocycles. The number of anilines is 1. The predicted octanol–water partition coefficient (Wildman–Crippen LogP) is 4.94. The van der Waals surface area contributed by atoms with Crippen LogP contribution in [0.5, 0.6) is 0 Å². The summed E-state index contributed by atoms with van der Waals surface area (Å²) in [5.41, 5.74) is 2.56. The Balaban J connectivity index is 2.14. The van der Waals surface area contributed by atoms with Gasteiger partial charge >= 0.3 is 0 Å². The summed E-state index contributed by atoms with van der Waals surface area (Å²) in [5, 5.41) is 3.20. The van der Waals surface area contributed by atoms with Crippen molar-refractivity contribution in [2.45, 2.75) is 12.4 Å². The monoisotopic (exact) mass is 327 g/mol. The summed E-state index contributed by atoms with van der Waals surface area (Å²) < 4.78 is 14.4. The smallest absolute Gasteiger partial charge is 0.128 e. The molecule has 2 aromatic carbocycles. The Kier molecular flexibility index (Phi) is 4.61. The summed E-state index contributed by atoms with van der Waals surface area (Å²) in [6, 6.07) is 12.7. The zero-order valence-electron chi connectivity index (χ0n) is 9.59. The fraction of sp³-hybridized carbons (Fsp3) is 0.143. The summed E-state index contributed by atoms with van der Waals surface area (Å²) >= 11 is 9.18.